The molecule has 6 nitrogen and oxygen atoms in total. The maximum Gasteiger partial charge on any atom is 0.306 e. The van der Waals surface area contributed by atoms with Gasteiger partial charge in [0.2, 0.25) is 0 Å². The molecule has 0 saturated heterocycles. The molecule has 59 heavy (non-hydrogen) atoms. The summed E-state index contributed by atoms with van der Waals surface area (Å²) < 4.78 is 16.8. The van der Waals surface area contributed by atoms with Gasteiger partial charge < -0.3 is 14.2 Å². The van der Waals surface area contributed by atoms with Crippen molar-refractivity contribution in [3.63, 3.8) is 0 Å². The quantitative estimate of drug-likeness (QED) is 0.0263. The first kappa shape index (κ1) is 56.6. The Hall–Kier alpha value is -2.37. The van der Waals surface area contributed by atoms with Gasteiger partial charge in [0.1, 0.15) is 13.2 Å². The maximum absolute atomic E-state index is 12.8. The summed E-state index contributed by atoms with van der Waals surface area (Å²) in [6.45, 7) is 6.59. The van der Waals surface area contributed by atoms with Crippen LogP contribution in [0.3, 0.4) is 0 Å². The smallest absolute Gasteiger partial charge is 0.306 e. The molecular formula is C53H96O6. The maximum atomic E-state index is 12.8. The second-order valence-corrected chi connectivity index (χ2v) is 17.1. The second-order valence-electron chi connectivity index (χ2n) is 17.1. The van der Waals surface area contributed by atoms with Gasteiger partial charge >= 0.3 is 17.9 Å². The monoisotopic (exact) mass is 829 g/mol. The lowest BCUT2D eigenvalue weighted by Gasteiger charge is -2.18. The summed E-state index contributed by atoms with van der Waals surface area (Å²) in [4.78, 5) is 37.9. The molecule has 0 rings (SSSR count). The van der Waals surface area contributed by atoms with Crippen molar-refractivity contribution in [1.82, 2.24) is 0 Å². The molecule has 0 aliphatic heterocycles. The Morgan fingerprint density at radius 1 is 0.322 bits per heavy atom. The van der Waals surface area contributed by atoms with Crippen LogP contribution < -0.4 is 0 Å². The molecule has 0 fully saturated rings. The minimum Gasteiger partial charge on any atom is -0.462 e. The van der Waals surface area contributed by atoms with E-state index >= 15 is 0 Å². The molecule has 0 aromatic carbocycles. The molecule has 0 aliphatic carbocycles. The normalized spacial score (nSPS) is 12.3. The minimum absolute atomic E-state index is 0.0790. The largest absolute Gasteiger partial charge is 0.462 e. The van der Waals surface area contributed by atoms with Crippen molar-refractivity contribution in [3.8, 4) is 0 Å². The van der Waals surface area contributed by atoms with Crippen molar-refractivity contribution in [2.24, 2.45) is 0 Å². The average Bonchev–Trinajstić information content (AvgIpc) is 3.23. The molecule has 1 unspecified atom stereocenters. The molecule has 0 saturated carbocycles. The summed E-state index contributed by atoms with van der Waals surface area (Å²) >= 11 is 0. The van der Waals surface area contributed by atoms with Gasteiger partial charge in [0.25, 0.3) is 0 Å². The lowest BCUT2D eigenvalue weighted by atomic mass is 10.1. The van der Waals surface area contributed by atoms with Crippen LogP contribution in [-0.4, -0.2) is 37.2 Å². The Morgan fingerprint density at radius 2 is 0.559 bits per heavy atom. The lowest BCUT2D eigenvalue weighted by Crippen LogP contribution is -2.30. The highest BCUT2D eigenvalue weighted by molar-refractivity contribution is 5.71. The van der Waals surface area contributed by atoms with Crippen LogP contribution >= 0.6 is 0 Å². The third kappa shape index (κ3) is 46.5. The molecule has 344 valence electrons. The number of ether oxygens (including phenoxy) is 3. The SMILES string of the molecule is CCCCCC/C=C\CCCCCCCCCC(=O)OCC(COC(=O)CCCCCCC/C=C\CCCCCC)OC(=O)CCCCCCC/C=C\CCCCCC. The Balaban J connectivity index is 4.38. The number of unbranched alkanes of at least 4 members (excludes halogenated alkanes) is 29. The van der Waals surface area contributed by atoms with E-state index in [1.807, 2.05) is 0 Å². The molecule has 0 amide bonds. The van der Waals surface area contributed by atoms with Crippen LogP contribution in [0.1, 0.15) is 265 Å². The minimum atomic E-state index is -0.778. The van der Waals surface area contributed by atoms with Crippen molar-refractivity contribution in [1.29, 1.82) is 0 Å². The zero-order chi connectivity index (χ0) is 43.0. The predicted molar refractivity (Wildman–Crippen MR) is 252 cm³/mol. The van der Waals surface area contributed by atoms with E-state index in [4.69, 9.17) is 14.2 Å². The fourth-order valence-corrected chi connectivity index (χ4v) is 7.19. The molecule has 0 heterocycles. The Labute approximate surface area is 365 Å². The molecule has 1 atom stereocenters. The van der Waals surface area contributed by atoms with Gasteiger partial charge in [0.05, 0.1) is 0 Å². The summed E-state index contributed by atoms with van der Waals surface area (Å²) in [5.41, 5.74) is 0. The number of esters is 3. The number of rotatable bonds is 46. The van der Waals surface area contributed by atoms with E-state index in [2.05, 4.69) is 57.2 Å². The molecule has 0 aliphatic rings. The topological polar surface area (TPSA) is 78.9 Å². The van der Waals surface area contributed by atoms with Crippen molar-refractivity contribution in [2.75, 3.05) is 13.2 Å². The summed E-state index contributed by atoms with van der Waals surface area (Å²) in [7, 11) is 0. The average molecular weight is 829 g/mol. The van der Waals surface area contributed by atoms with Gasteiger partial charge in [-0.3, -0.25) is 14.4 Å². The second kappa shape index (κ2) is 48.3. The van der Waals surface area contributed by atoms with Crippen molar-refractivity contribution < 1.29 is 28.6 Å². The Kier molecular flexibility index (Phi) is 46.4. The third-order valence-electron chi connectivity index (χ3n) is 11.1. The fraction of sp³-hybridized carbons (Fsp3) is 0.830. The zero-order valence-electron chi connectivity index (χ0n) is 39.3. The first-order valence-electron chi connectivity index (χ1n) is 25.5. The molecule has 0 N–H and O–H groups in total. The summed E-state index contributed by atoms with van der Waals surface area (Å²) in [6, 6.07) is 0. The summed E-state index contributed by atoms with van der Waals surface area (Å²) in [5.74, 6) is -0.894. The molecule has 6 heteroatoms. The number of carbonyl (C=O) groups is 3. The fourth-order valence-electron chi connectivity index (χ4n) is 7.19. The van der Waals surface area contributed by atoms with E-state index in [0.717, 1.165) is 77.0 Å². The van der Waals surface area contributed by atoms with Gasteiger partial charge in [0.15, 0.2) is 6.10 Å². The third-order valence-corrected chi connectivity index (χ3v) is 11.1. The highest BCUT2D eigenvalue weighted by Gasteiger charge is 2.19. The first-order chi connectivity index (χ1) is 29.0. The van der Waals surface area contributed by atoms with E-state index in [0.29, 0.717) is 19.3 Å². The van der Waals surface area contributed by atoms with E-state index in [1.54, 1.807) is 0 Å². The van der Waals surface area contributed by atoms with E-state index in [9.17, 15) is 14.4 Å². The molecule has 0 radical (unpaired) electrons. The predicted octanol–water partition coefficient (Wildman–Crippen LogP) is 16.5. The van der Waals surface area contributed by atoms with Crippen LogP contribution in [0.25, 0.3) is 0 Å². The number of allylic oxidation sites excluding steroid dienone is 6. The summed E-state index contributed by atoms with van der Waals surface area (Å²) in [6.07, 6.45) is 55.5. The van der Waals surface area contributed by atoms with E-state index in [1.165, 1.54) is 148 Å². The van der Waals surface area contributed by atoms with Gasteiger partial charge in [-0.25, -0.2) is 0 Å². The lowest BCUT2D eigenvalue weighted by molar-refractivity contribution is -0.167. The molecule has 0 bridgehead atoms. The molecule has 0 spiro atoms. The van der Waals surface area contributed by atoms with Crippen molar-refractivity contribution in [3.05, 3.63) is 36.5 Å². The number of hydrogen-bond donors (Lipinski definition) is 0. The van der Waals surface area contributed by atoms with Crippen LogP contribution in [0, 0.1) is 0 Å². The van der Waals surface area contributed by atoms with E-state index in [-0.39, 0.29) is 31.1 Å². The number of hydrogen-bond acceptors (Lipinski definition) is 6. The van der Waals surface area contributed by atoms with Gasteiger partial charge in [0, 0.05) is 19.3 Å². The Bertz CT molecular complexity index is 1000. The van der Waals surface area contributed by atoms with Crippen LogP contribution in [0.15, 0.2) is 36.5 Å². The van der Waals surface area contributed by atoms with Crippen molar-refractivity contribution in [2.45, 2.75) is 271 Å². The van der Waals surface area contributed by atoms with Crippen LogP contribution in [-0.2, 0) is 28.6 Å². The van der Waals surface area contributed by atoms with Gasteiger partial charge in [-0.05, 0) is 96.3 Å². The number of carbonyl (C=O) groups excluding carboxylic acids is 3. The molecule has 0 aromatic rings. The molecule has 0 aromatic heterocycles. The van der Waals surface area contributed by atoms with Crippen LogP contribution in [0.4, 0.5) is 0 Å². The first-order valence-corrected chi connectivity index (χ1v) is 25.5. The van der Waals surface area contributed by atoms with Gasteiger partial charge in [-0.1, -0.05) is 186 Å². The van der Waals surface area contributed by atoms with Crippen LogP contribution in [0.2, 0.25) is 0 Å². The van der Waals surface area contributed by atoms with Crippen molar-refractivity contribution >= 4 is 17.9 Å². The Morgan fingerprint density at radius 3 is 0.847 bits per heavy atom. The highest BCUT2D eigenvalue weighted by Crippen LogP contribution is 2.14. The zero-order valence-corrected chi connectivity index (χ0v) is 39.3. The van der Waals surface area contributed by atoms with E-state index < -0.39 is 6.10 Å². The summed E-state index contributed by atoms with van der Waals surface area (Å²) in [5, 5.41) is 0. The van der Waals surface area contributed by atoms with Crippen LogP contribution in [0.5, 0.6) is 0 Å². The standard InChI is InChI=1S/C53H96O6/c1-4-7-10-13-16-19-22-25-26-29-31-34-37-40-43-46-52(55)58-49-50(59-53(56)47-44-41-38-35-32-28-24-21-18-15-12-9-6-3)48-57-51(54)45-42-39-36-33-30-27-23-20-17-14-11-8-5-2/h19-24,50H,4-18,25-49H2,1-3H3/b22-19-,23-20-,24-21-. The highest BCUT2D eigenvalue weighted by atomic mass is 16.6. The van der Waals surface area contributed by atoms with Gasteiger partial charge in [-0.2, -0.15) is 0 Å². The van der Waals surface area contributed by atoms with Gasteiger partial charge in [-0.15, -0.1) is 0 Å². The molecular weight excluding hydrogens is 733 g/mol.